The molecule has 128 valence electrons. The van der Waals surface area contributed by atoms with Crippen molar-refractivity contribution in [3.8, 4) is 0 Å². The van der Waals surface area contributed by atoms with E-state index in [1.807, 2.05) is 27.7 Å². The Kier molecular flexibility index (Phi) is 9.46. The summed E-state index contributed by atoms with van der Waals surface area (Å²) in [6.45, 7) is 9.43. The van der Waals surface area contributed by atoms with E-state index < -0.39 is 17.9 Å². The maximum atomic E-state index is 12.5. The topological polar surface area (TPSA) is 83.6 Å². The van der Waals surface area contributed by atoms with Crippen LogP contribution in [-0.4, -0.2) is 35.1 Å². The number of allylic oxidation sites excluding steroid dienone is 3. The molecule has 1 saturated heterocycles. The molecular weight excluding hydrogens is 296 g/mol. The number of carbonyl (C=O) groups is 4. The molecule has 1 aliphatic rings. The van der Waals surface area contributed by atoms with Crippen LogP contribution in [0.3, 0.4) is 0 Å². The van der Waals surface area contributed by atoms with Crippen molar-refractivity contribution in [2.45, 2.75) is 59.9 Å². The van der Waals surface area contributed by atoms with Gasteiger partial charge in [0.05, 0.1) is 0 Å². The maximum absolute atomic E-state index is 12.5. The number of rotatable bonds is 5. The highest BCUT2D eigenvalue weighted by atomic mass is 16.2. The van der Waals surface area contributed by atoms with Crippen LogP contribution in [0.2, 0.25) is 0 Å². The van der Waals surface area contributed by atoms with Crippen molar-refractivity contribution in [1.29, 1.82) is 0 Å². The van der Waals surface area contributed by atoms with E-state index in [9.17, 15) is 19.2 Å². The fraction of sp³-hybridized carbons (Fsp3) is 0.529. The summed E-state index contributed by atoms with van der Waals surface area (Å²) >= 11 is 0. The molecule has 1 atom stereocenters. The summed E-state index contributed by atoms with van der Waals surface area (Å²) in [4.78, 5) is 47.6. The van der Waals surface area contributed by atoms with Gasteiger partial charge in [-0.05, 0) is 32.3 Å². The van der Waals surface area contributed by atoms with Crippen LogP contribution in [0.15, 0.2) is 23.3 Å². The second-order valence-corrected chi connectivity index (χ2v) is 4.80. The van der Waals surface area contributed by atoms with Gasteiger partial charge in [-0.2, -0.15) is 0 Å². The lowest BCUT2D eigenvalue weighted by Gasteiger charge is -2.29. The molecule has 6 heteroatoms. The van der Waals surface area contributed by atoms with Crippen LogP contribution in [0.25, 0.3) is 0 Å². The van der Waals surface area contributed by atoms with Crippen molar-refractivity contribution in [2.24, 2.45) is 0 Å². The van der Waals surface area contributed by atoms with E-state index in [0.717, 1.165) is 10.5 Å². The Hall–Kier alpha value is -2.24. The summed E-state index contributed by atoms with van der Waals surface area (Å²) in [6, 6.07) is -0.923. The summed E-state index contributed by atoms with van der Waals surface area (Å²) in [6.07, 6.45) is 4.68. The Morgan fingerprint density at radius 1 is 1.35 bits per heavy atom. The van der Waals surface area contributed by atoms with E-state index in [4.69, 9.17) is 0 Å². The molecule has 23 heavy (non-hydrogen) atoms. The van der Waals surface area contributed by atoms with Crippen molar-refractivity contribution in [1.82, 2.24) is 10.2 Å². The highest BCUT2D eigenvalue weighted by Gasteiger charge is 2.35. The van der Waals surface area contributed by atoms with E-state index in [0.29, 0.717) is 18.4 Å². The van der Waals surface area contributed by atoms with Gasteiger partial charge < -0.3 is 0 Å². The number of carbonyl (C=O) groups excluding carboxylic acids is 4. The largest absolute Gasteiger partial charge is 0.295 e. The SMILES string of the molecule is C/C=C\C(C)=C(/CC)C(=O)N(C=O)C1CCC(=O)NC1=O.CC. The number of nitrogens with one attached hydrogen (secondary N) is 1. The highest BCUT2D eigenvalue weighted by molar-refractivity contribution is 6.07. The van der Waals surface area contributed by atoms with Gasteiger partial charge in [-0.25, -0.2) is 0 Å². The van der Waals surface area contributed by atoms with Crippen molar-refractivity contribution < 1.29 is 19.2 Å². The Bertz CT molecular complexity index is 521. The van der Waals surface area contributed by atoms with Crippen LogP contribution in [0.1, 0.15) is 53.9 Å². The quantitative estimate of drug-likeness (QED) is 0.364. The van der Waals surface area contributed by atoms with Gasteiger partial charge in [0.1, 0.15) is 6.04 Å². The van der Waals surface area contributed by atoms with E-state index in [2.05, 4.69) is 5.32 Å². The molecule has 0 bridgehead atoms. The van der Waals surface area contributed by atoms with E-state index in [1.54, 1.807) is 19.1 Å². The molecule has 0 aromatic heterocycles. The van der Waals surface area contributed by atoms with Gasteiger partial charge in [-0.1, -0.05) is 32.9 Å². The second kappa shape index (κ2) is 10.5. The molecule has 6 nitrogen and oxygen atoms in total. The first-order chi connectivity index (χ1) is 11.0. The molecular formula is C17H26N2O4. The fourth-order valence-corrected chi connectivity index (χ4v) is 2.32. The minimum absolute atomic E-state index is 0.118. The summed E-state index contributed by atoms with van der Waals surface area (Å²) in [5.41, 5.74) is 1.23. The van der Waals surface area contributed by atoms with Gasteiger partial charge in [0.2, 0.25) is 18.2 Å². The van der Waals surface area contributed by atoms with Crippen molar-refractivity contribution in [3.05, 3.63) is 23.3 Å². The molecule has 1 unspecified atom stereocenters. The maximum Gasteiger partial charge on any atom is 0.257 e. The molecule has 0 aliphatic carbocycles. The first kappa shape index (κ1) is 20.8. The molecule has 1 aliphatic heterocycles. The molecule has 1 fully saturated rings. The van der Waals surface area contributed by atoms with Gasteiger partial charge in [-0.3, -0.25) is 29.4 Å². The molecule has 1 heterocycles. The summed E-state index contributed by atoms with van der Waals surface area (Å²) < 4.78 is 0. The molecule has 0 radical (unpaired) electrons. The molecule has 4 amide bonds. The summed E-state index contributed by atoms with van der Waals surface area (Å²) in [5, 5.41) is 2.15. The summed E-state index contributed by atoms with van der Waals surface area (Å²) in [5.74, 6) is -1.48. The highest BCUT2D eigenvalue weighted by Crippen LogP contribution is 2.18. The zero-order chi connectivity index (χ0) is 18.0. The Balaban J connectivity index is 0.00000232. The lowest BCUT2D eigenvalue weighted by atomic mass is 10.0. The van der Waals surface area contributed by atoms with Crippen LogP contribution in [0.4, 0.5) is 0 Å². The third-order valence-corrected chi connectivity index (χ3v) is 3.40. The van der Waals surface area contributed by atoms with Crippen molar-refractivity contribution in [2.75, 3.05) is 0 Å². The Morgan fingerprint density at radius 2 is 1.96 bits per heavy atom. The van der Waals surface area contributed by atoms with Gasteiger partial charge in [0.25, 0.3) is 5.91 Å². The number of hydrogen-bond donors (Lipinski definition) is 1. The Morgan fingerprint density at radius 3 is 2.39 bits per heavy atom. The van der Waals surface area contributed by atoms with E-state index >= 15 is 0 Å². The predicted molar refractivity (Wildman–Crippen MR) is 88.2 cm³/mol. The number of piperidine rings is 1. The van der Waals surface area contributed by atoms with Crippen molar-refractivity contribution >= 4 is 24.1 Å². The number of nitrogens with zero attached hydrogens (tertiary/aromatic N) is 1. The fourth-order valence-electron chi connectivity index (χ4n) is 2.32. The minimum Gasteiger partial charge on any atom is -0.295 e. The first-order valence-corrected chi connectivity index (χ1v) is 7.90. The van der Waals surface area contributed by atoms with Crippen LogP contribution in [0, 0.1) is 0 Å². The standard InChI is InChI=1S/C15H20N2O4.C2H6/c1-4-6-10(3)11(5-2)15(21)17(9-18)12-7-8-13(19)16-14(12)20;1-2/h4,6,9,12H,5,7-8H2,1-3H3,(H,16,19,20);1-2H3/b6-4-,11-10+;. The zero-order valence-corrected chi connectivity index (χ0v) is 14.5. The molecule has 0 saturated carbocycles. The van der Waals surface area contributed by atoms with E-state index in [1.165, 1.54) is 0 Å². The van der Waals surface area contributed by atoms with Crippen LogP contribution >= 0.6 is 0 Å². The summed E-state index contributed by atoms with van der Waals surface area (Å²) in [7, 11) is 0. The third-order valence-electron chi connectivity index (χ3n) is 3.40. The lowest BCUT2D eigenvalue weighted by molar-refractivity contribution is -0.148. The molecule has 0 spiro atoms. The van der Waals surface area contributed by atoms with Gasteiger partial charge in [0.15, 0.2) is 0 Å². The van der Waals surface area contributed by atoms with Crippen molar-refractivity contribution in [3.63, 3.8) is 0 Å². The molecule has 0 aromatic carbocycles. The lowest BCUT2D eigenvalue weighted by Crippen LogP contribution is -2.54. The first-order valence-electron chi connectivity index (χ1n) is 7.90. The van der Waals surface area contributed by atoms with Gasteiger partial charge in [-0.15, -0.1) is 0 Å². The Labute approximate surface area is 137 Å². The zero-order valence-electron chi connectivity index (χ0n) is 14.5. The monoisotopic (exact) mass is 322 g/mol. The molecule has 1 rings (SSSR count). The van der Waals surface area contributed by atoms with Crippen LogP contribution in [0.5, 0.6) is 0 Å². The van der Waals surface area contributed by atoms with Crippen LogP contribution < -0.4 is 5.32 Å². The van der Waals surface area contributed by atoms with Gasteiger partial charge >= 0.3 is 0 Å². The molecule has 0 aromatic rings. The van der Waals surface area contributed by atoms with Crippen LogP contribution in [-0.2, 0) is 19.2 Å². The predicted octanol–water partition coefficient (Wildman–Crippen LogP) is 2.11. The minimum atomic E-state index is -0.923. The smallest absolute Gasteiger partial charge is 0.257 e. The number of amides is 4. The van der Waals surface area contributed by atoms with Gasteiger partial charge in [0, 0.05) is 12.0 Å². The third kappa shape index (κ3) is 5.47. The number of hydrogen-bond acceptors (Lipinski definition) is 4. The normalized spacial score (nSPS) is 18.6. The average Bonchev–Trinajstić information content (AvgIpc) is 2.53. The number of imide groups is 2. The average molecular weight is 322 g/mol. The molecule has 1 N–H and O–H groups in total. The second-order valence-electron chi connectivity index (χ2n) is 4.80. The van der Waals surface area contributed by atoms with E-state index in [-0.39, 0.29) is 18.7 Å².